The van der Waals surface area contributed by atoms with Crippen molar-refractivity contribution in [3.63, 3.8) is 0 Å². The minimum absolute atomic E-state index is 0.0309. The zero-order valence-corrected chi connectivity index (χ0v) is 12.4. The Morgan fingerprint density at radius 2 is 2.11 bits per heavy atom. The molecule has 3 heteroatoms. The Balaban J connectivity index is 1.72. The number of ether oxygens (including phenoxy) is 1. The van der Waals surface area contributed by atoms with Gasteiger partial charge in [0.15, 0.2) is 5.78 Å². The fraction of sp³-hybridized carbons (Fsp3) is 0.688. The molecule has 2 aliphatic rings. The van der Waals surface area contributed by atoms with Gasteiger partial charge in [0.25, 0.3) is 0 Å². The molecule has 2 nitrogen and oxygen atoms in total. The number of hydrogen-bond donors (Lipinski definition) is 0. The second-order valence-corrected chi connectivity index (χ2v) is 7.34. The number of hydrogen-bond acceptors (Lipinski definition) is 3. The SMILES string of the molecule is Cc1ccc(C(=O)C2CCOC3(CCCCC3)C2)s1. The molecule has 2 fully saturated rings. The third-order valence-electron chi connectivity index (χ3n) is 4.61. The summed E-state index contributed by atoms with van der Waals surface area (Å²) in [6, 6.07) is 4.04. The number of aryl methyl sites for hydroxylation is 1. The Morgan fingerprint density at radius 1 is 1.32 bits per heavy atom. The van der Waals surface area contributed by atoms with Crippen LogP contribution < -0.4 is 0 Å². The standard InChI is InChI=1S/C16H22O2S/c1-12-5-6-14(19-12)15(17)13-7-10-18-16(11-13)8-3-2-4-9-16/h5-6,13H,2-4,7-11H2,1H3. The van der Waals surface area contributed by atoms with Crippen molar-refractivity contribution in [3.8, 4) is 0 Å². The Labute approximate surface area is 119 Å². The highest BCUT2D eigenvalue weighted by atomic mass is 32.1. The second kappa shape index (κ2) is 5.37. The van der Waals surface area contributed by atoms with Gasteiger partial charge in [-0.15, -0.1) is 11.3 Å². The number of rotatable bonds is 2. The molecule has 1 spiro atoms. The van der Waals surface area contributed by atoms with Crippen LogP contribution in [0.25, 0.3) is 0 Å². The molecule has 1 atom stereocenters. The molecule has 0 amide bonds. The predicted molar refractivity (Wildman–Crippen MR) is 77.9 cm³/mol. The fourth-order valence-electron chi connectivity index (χ4n) is 3.56. The van der Waals surface area contributed by atoms with Crippen molar-refractivity contribution in [2.45, 2.75) is 57.5 Å². The Morgan fingerprint density at radius 3 is 2.79 bits per heavy atom. The smallest absolute Gasteiger partial charge is 0.176 e. The average molecular weight is 278 g/mol. The first-order chi connectivity index (χ1) is 9.19. The Kier molecular flexibility index (Phi) is 3.77. The van der Waals surface area contributed by atoms with E-state index in [0.29, 0.717) is 5.78 Å². The number of ketones is 1. The lowest BCUT2D eigenvalue weighted by Crippen LogP contribution is -2.43. The molecule has 19 heavy (non-hydrogen) atoms. The summed E-state index contributed by atoms with van der Waals surface area (Å²) in [5, 5.41) is 0. The molecule has 1 saturated heterocycles. The summed E-state index contributed by atoms with van der Waals surface area (Å²) in [7, 11) is 0. The zero-order valence-electron chi connectivity index (χ0n) is 11.6. The summed E-state index contributed by atoms with van der Waals surface area (Å²) in [6.07, 6.45) is 8.01. The molecule has 104 valence electrons. The molecule has 0 N–H and O–H groups in total. The van der Waals surface area contributed by atoms with Crippen LogP contribution in [0, 0.1) is 12.8 Å². The monoisotopic (exact) mass is 278 g/mol. The largest absolute Gasteiger partial charge is 0.375 e. The third-order valence-corrected chi connectivity index (χ3v) is 5.63. The second-order valence-electron chi connectivity index (χ2n) is 6.06. The molecular weight excluding hydrogens is 256 g/mol. The van der Waals surface area contributed by atoms with Gasteiger partial charge in [-0.25, -0.2) is 0 Å². The van der Waals surface area contributed by atoms with Crippen LogP contribution in [-0.2, 0) is 4.74 Å². The van der Waals surface area contributed by atoms with Crippen molar-refractivity contribution in [1.82, 2.24) is 0 Å². The van der Waals surface area contributed by atoms with Gasteiger partial charge in [-0.1, -0.05) is 19.3 Å². The van der Waals surface area contributed by atoms with E-state index in [4.69, 9.17) is 4.74 Å². The van der Waals surface area contributed by atoms with Crippen LogP contribution in [0.3, 0.4) is 0 Å². The molecule has 1 saturated carbocycles. The molecule has 1 aliphatic heterocycles. The molecule has 1 aromatic heterocycles. The van der Waals surface area contributed by atoms with E-state index in [1.807, 2.05) is 12.1 Å². The first-order valence-electron chi connectivity index (χ1n) is 7.43. The molecule has 1 aromatic rings. The number of carbonyl (C=O) groups is 1. The lowest BCUT2D eigenvalue weighted by atomic mass is 9.75. The van der Waals surface area contributed by atoms with Gasteiger partial charge in [-0.3, -0.25) is 4.79 Å². The maximum atomic E-state index is 12.6. The summed E-state index contributed by atoms with van der Waals surface area (Å²) in [6.45, 7) is 2.83. The fourth-order valence-corrected chi connectivity index (χ4v) is 4.45. The maximum absolute atomic E-state index is 12.6. The van der Waals surface area contributed by atoms with Crippen molar-refractivity contribution >= 4 is 17.1 Å². The van der Waals surface area contributed by atoms with E-state index in [9.17, 15) is 4.79 Å². The molecular formula is C16H22O2S. The summed E-state index contributed by atoms with van der Waals surface area (Å²) >= 11 is 1.63. The minimum atomic E-state index is 0.0309. The first kappa shape index (κ1) is 13.3. The molecule has 3 rings (SSSR count). The van der Waals surface area contributed by atoms with Gasteiger partial charge in [0, 0.05) is 17.4 Å². The van der Waals surface area contributed by atoms with Crippen LogP contribution in [-0.4, -0.2) is 18.0 Å². The van der Waals surface area contributed by atoms with Crippen molar-refractivity contribution in [1.29, 1.82) is 0 Å². The number of carbonyl (C=O) groups excluding carboxylic acids is 1. The van der Waals surface area contributed by atoms with Crippen molar-refractivity contribution in [3.05, 3.63) is 21.9 Å². The molecule has 0 radical (unpaired) electrons. The summed E-state index contributed by atoms with van der Waals surface area (Å²) in [5.74, 6) is 0.538. The quantitative estimate of drug-likeness (QED) is 0.751. The topological polar surface area (TPSA) is 26.3 Å². The molecule has 2 heterocycles. The van der Waals surface area contributed by atoms with Crippen molar-refractivity contribution in [2.75, 3.05) is 6.61 Å². The first-order valence-corrected chi connectivity index (χ1v) is 8.25. The van der Waals surface area contributed by atoms with Crippen LogP contribution in [0.2, 0.25) is 0 Å². The van der Waals surface area contributed by atoms with Crippen molar-refractivity contribution in [2.24, 2.45) is 5.92 Å². The van der Waals surface area contributed by atoms with Crippen LogP contribution in [0.15, 0.2) is 12.1 Å². The average Bonchev–Trinajstić information content (AvgIpc) is 2.85. The minimum Gasteiger partial charge on any atom is -0.375 e. The van der Waals surface area contributed by atoms with Gasteiger partial charge in [0.1, 0.15) is 0 Å². The summed E-state index contributed by atoms with van der Waals surface area (Å²) in [4.78, 5) is 14.8. The van der Waals surface area contributed by atoms with E-state index in [-0.39, 0.29) is 11.5 Å². The number of Topliss-reactive ketones (excluding diaryl/α,β-unsaturated/α-hetero) is 1. The lowest BCUT2D eigenvalue weighted by molar-refractivity contribution is -0.111. The molecule has 0 aromatic carbocycles. The summed E-state index contributed by atoms with van der Waals surface area (Å²) in [5.41, 5.74) is 0.0309. The van der Waals surface area contributed by atoms with Gasteiger partial charge in [0.05, 0.1) is 10.5 Å². The number of thiophene rings is 1. The van der Waals surface area contributed by atoms with Crippen molar-refractivity contribution < 1.29 is 9.53 Å². The van der Waals surface area contributed by atoms with E-state index in [1.54, 1.807) is 11.3 Å². The molecule has 1 aliphatic carbocycles. The molecule has 1 unspecified atom stereocenters. The third kappa shape index (κ3) is 2.77. The van der Waals surface area contributed by atoms with Gasteiger partial charge >= 0.3 is 0 Å². The lowest BCUT2D eigenvalue weighted by Gasteiger charge is -2.43. The van der Waals surface area contributed by atoms with Crippen LogP contribution in [0.5, 0.6) is 0 Å². The predicted octanol–water partition coefficient (Wildman–Crippen LogP) is 4.37. The van der Waals surface area contributed by atoms with E-state index < -0.39 is 0 Å². The highest BCUT2D eigenvalue weighted by Gasteiger charge is 2.40. The van der Waals surface area contributed by atoms with Gasteiger partial charge in [-0.05, 0) is 44.7 Å². The van der Waals surface area contributed by atoms with Crippen LogP contribution in [0.1, 0.15) is 59.5 Å². The van der Waals surface area contributed by atoms with Gasteiger partial charge in [0.2, 0.25) is 0 Å². The van der Waals surface area contributed by atoms with E-state index >= 15 is 0 Å². The highest BCUT2D eigenvalue weighted by molar-refractivity contribution is 7.14. The van der Waals surface area contributed by atoms with Crippen LogP contribution in [0.4, 0.5) is 0 Å². The van der Waals surface area contributed by atoms with E-state index in [1.165, 1.54) is 24.1 Å². The van der Waals surface area contributed by atoms with E-state index in [0.717, 1.165) is 37.2 Å². The molecule has 0 bridgehead atoms. The normalized spacial score (nSPS) is 26.5. The van der Waals surface area contributed by atoms with E-state index in [2.05, 4.69) is 6.92 Å². The maximum Gasteiger partial charge on any atom is 0.176 e. The van der Waals surface area contributed by atoms with Gasteiger partial charge < -0.3 is 4.74 Å². The Hall–Kier alpha value is -0.670. The Bertz CT molecular complexity index is 452. The zero-order chi connectivity index (χ0) is 13.3. The highest BCUT2D eigenvalue weighted by Crippen LogP contribution is 2.41. The van der Waals surface area contributed by atoms with Crippen LogP contribution >= 0.6 is 11.3 Å². The summed E-state index contributed by atoms with van der Waals surface area (Å²) < 4.78 is 6.08. The van der Waals surface area contributed by atoms with Gasteiger partial charge in [-0.2, -0.15) is 0 Å².